The van der Waals surface area contributed by atoms with Gasteiger partial charge in [0, 0.05) is 10.5 Å². The molecule has 1 aromatic heterocycles. The predicted molar refractivity (Wildman–Crippen MR) is 76.1 cm³/mol. The quantitative estimate of drug-likeness (QED) is 0.871. The van der Waals surface area contributed by atoms with Crippen molar-refractivity contribution in [3.63, 3.8) is 0 Å². The minimum absolute atomic E-state index is 0.223. The number of aromatic nitrogens is 2. The normalized spacial score (nSPS) is 19.5. The summed E-state index contributed by atoms with van der Waals surface area (Å²) in [7, 11) is 0. The number of thioether (sulfide) groups is 1. The van der Waals surface area contributed by atoms with Crippen molar-refractivity contribution in [2.24, 2.45) is 0 Å². The zero-order valence-corrected chi connectivity index (χ0v) is 11.7. The third-order valence-electron chi connectivity index (χ3n) is 3.40. The molecule has 0 bridgehead atoms. The van der Waals surface area contributed by atoms with Crippen LogP contribution in [-0.4, -0.2) is 22.9 Å². The lowest BCUT2D eigenvalue weighted by Crippen LogP contribution is -2.26. The molecular formula is C14H17N3OS. The molecule has 0 aliphatic carbocycles. The van der Waals surface area contributed by atoms with Crippen LogP contribution in [-0.2, 0) is 0 Å². The van der Waals surface area contributed by atoms with E-state index >= 15 is 0 Å². The van der Waals surface area contributed by atoms with Crippen molar-refractivity contribution < 1.29 is 4.52 Å². The molecular weight excluding hydrogens is 258 g/mol. The van der Waals surface area contributed by atoms with Crippen molar-refractivity contribution in [2.75, 3.05) is 12.8 Å². The first-order valence-corrected chi connectivity index (χ1v) is 7.81. The standard InChI is InChI=1S/C14H17N3OS/c1-19-11-7-5-10(6-8-11)13-16-14(18-17-13)12-4-2-3-9-15-12/h5-8,12,15H,2-4,9H2,1H3/t12-/m1/s1. The van der Waals surface area contributed by atoms with Crippen LogP contribution in [0.15, 0.2) is 33.7 Å². The first kappa shape index (κ1) is 12.7. The largest absolute Gasteiger partial charge is 0.337 e. The molecule has 1 fully saturated rings. The molecule has 3 rings (SSSR count). The van der Waals surface area contributed by atoms with Gasteiger partial charge in [0.05, 0.1) is 6.04 Å². The summed E-state index contributed by atoms with van der Waals surface area (Å²) in [5.41, 5.74) is 1.00. The maximum absolute atomic E-state index is 5.39. The minimum Gasteiger partial charge on any atom is -0.337 e. The Balaban J connectivity index is 1.79. The molecule has 1 N–H and O–H groups in total. The number of hydrogen-bond donors (Lipinski definition) is 1. The second kappa shape index (κ2) is 5.75. The van der Waals surface area contributed by atoms with Crippen LogP contribution < -0.4 is 5.32 Å². The average Bonchev–Trinajstić information content (AvgIpc) is 2.98. The predicted octanol–water partition coefficient (Wildman–Crippen LogP) is 3.27. The summed E-state index contributed by atoms with van der Waals surface area (Å²) in [6.07, 6.45) is 5.59. The molecule has 1 aromatic carbocycles. The molecule has 1 saturated heterocycles. The number of benzene rings is 1. The fourth-order valence-corrected chi connectivity index (χ4v) is 2.70. The molecule has 5 heteroatoms. The molecule has 100 valence electrons. The van der Waals surface area contributed by atoms with Gasteiger partial charge in [0.1, 0.15) is 0 Å². The zero-order valence-electron chi connectivity index (χ0n) is 10.9. The highest BCUT2D eigenvalue weighted by molar-refractivity contribution is 7.98. The number of nitrogens with one attached hydrogen (secondary N) is 1. The van der Waals surface area contributed by atoms with Crippen LogP contribution in [0.4, 0.5) is 0 Å². The molecule has 0 radical (unpaired) electrons. The van der Waals surface area contributed by atoms with E-state index in [4.69, 9.17) is 4.52 Å². The van der Waals surface area contributed by atoms with E-state index in [9.17, 15) is 0 Å². The molecule has 1 aliphatic rings. The van der Waals surface area contributed by atoms with Crippen LogP contribution >= 0.6 is 11.8 Å². The van der Waals surface area contributed by atoms with E-state index in [0.29, 0.717) is 11.7 Å². The van der Waals surface area contributed by atoms with Crippen molar-refractivity contribution in [3.8, 4) is 11.4 Å². The van der Waals surface area contributed by atoms with Crippen molar-refractivity contribution >= 4 is 11.8 Å². The number of nitrogens with zero attached hydrogens (tertiary/aromatic N) is 2. The SMILES string of the molecule is CSc1ccc(-c2noc([C@H]3CCCCN3)n2)cc1. The molecule has 19 heavy (non-hydrogen) atoms. The summed E-state index contributed by atoms with van der Waals surface area (Å²) >= 11 is 1.73. The lowest BCUT2D eigenvalue weighted by atomic mass is 10.1. The first-order chi connectivity index (χ1) is 9.36. The van der Waals surface area contributed by atoms with Crippen molar-refractivity contribution in [1.29, 1.82) is 0 Å². The fraction of sp³-hybridized carbons (Fsp3) is 0.429. The molecule has 0 unspecified atom stereocenters. The molecule has 2 aromatic rings. The third kappa shape index (κ3) is 2.82. The molecule has 1 atom stereocenters. The molecule has 4 nitrogen and oxygen atoms in total. The Morgan fingerprint density at radius 2 is 2.11 bits per heavy atom. The smallest absolute Gasteiger partial charge is 0.244 e. The van der Waals surface area contributed by atoms with Gasteiger partial charge in [-0.1, -0.05) is 11.6 Å². The second-order valence-electron chi connectivity index (χ2n) is 4.69. The molecule has 0 saturated carbocycles. The molecule has 1 aliphatic heterocycles. The summed E-state index contributed by atoms with van der Waals surface area (Å²) < 4.78 is 5.39. The van der Waals surface area contributed by atoms with E-state index in [-0.39, 0.29) is 6.04 Å². The van der Waals surface area contributed by atoms with E-state index in [1.165, 1.54) is 17.7 Å². The summed E-state index contributed by atoms with van der Waals surface area (Å²) in [5, 5.41) is 7.50. The van der Waals surface area contributed by atoms with Gasteiger partial charge in [-0.3, -0.25) is 0 Å². The Labute approximate surface area is 117 Å². The lowest BCUT2D eigenvalue weighted by molar-refractivity contribution is 0.297. The maximum atomic E-state index is 5.39. The number of piperidine rings is 1. The van der Waals surface area contributed by atoms with Gasteiger partial charge in [0.15, 0.2) is 0 Å². The Hall–Kier alpha value is -1.33. The van der Waals surface area contributed by atoms with Crippen LogP contribution in [0.25, 0.3) is 11.4 Å². The van der Waals surface area contributed by atoms with Crippen molar-refractivity contribution in [3.05, 3.63) is 30.2 Å². The first-order valence-electron chi connectivity index (χ1n) is 6.58. The highest BCUT2D eigenvalue weighted by atomic mass is 32.2. The highest BCUT2D eigenvalue weighted by Crippen LogP contribution is 2.25. The van der Waals surface area contributed by atoms with Crippen molar-refractivity contribution in [2.45, 2.75) is 30.2 Å². The van der Waals surface area contributed by atoms with Gasteiger partial charge in [-0.25, -0.2) is 0 Å². The highest BCUT2D eigenvalue weighted by Gasteiger charge is 2.21. The van der Waals surface area contributed by atoms with Crippen molar-refractivity contribution in [1.82, 2.24) is 15.5 Å². The van der Waals surface area contributed by atoms with Crippen LogP contribution in [0.5, 0.6) is 0 Å². The Morgan fingerprint density at radius 1 is 1.26 bits per heavy atom. The Bertz CT molecular complexity index is 532. The van der Waals surface area contributed by atoms with Gasteiger partial charge in [-0.05, 0) is 49.9 Å². The van der Waals surface area contributed by atoms with E-state index < -0.39 is 0 Å². The zero-order chi connectivity index (χ0) is 13.1. The molecule has 0 spiro atoms. The summed E-state index contributed by atoms with van der Waals surface area (Å²) in [4.78, 5) is 5.75. The van der Waals surface area contributed by atoms with Crippen LogP contribution in [0.1, 0.15) is 31.2 Å². The molecule has 0 amide bonds. The monoisotopic (exact) mass is 275 g/mol. The molecule has 2 heterocycles. The van der Waals surface area contributed by atoms with Crippen LogP contribution in [0, 0.1) is 0 Å². The summed E-state index contributed by atoms with van der Waals surface area (Å²) in [6.45, 7) is 1.03. The van der Waals surface area contributed by atoms with E-state index in [2.05, 4.69) is 33.8 Å². The van der Waals surface area contributed by atoms with E-state index in [0.717, 1.165) is 18.5 Å². The van der Waals surface area contributed by atoms with Gasteiger partial charge in [-0.2, -0.15) is 4.98 Å². The summed E-state index contributed by atoms with van der Waals surface area (Å²) in [6, 6.07) is 8.45. The average molecular weight is 275 g/mol. The minimum atomic E-state index is 0.223. The maximum Gasteiger partial charge on any atom is 0.244 e. The topological polar surface area (TPSA) is 51.0 Å². The van der Waals surface area contributed by atoms with Gasteiger partial charge in [0.25, 0.3) is 0 Å². The number of hydrogen-bond acceptors (Lipinski definition) is 5. The Morgan fingerprint density at radius 3 is 2.79 bits per heavy atom. The third-order valence-corrected chi connectivity index (χ3v) is 4.14. The van der Waals surface area contributed by atoms with E-state index in [1.54, 1.807) is 11.8 Å². The van der Waals surface area contributed by atoms with E-state index in [1.807, 2.05) is 12.1 Å². The fourth-order valence-electron chi connectivity index (χ4n) is 2.30. The summed E-state index contributed by atoms with van der Waals surface area (Å²) in [5.74, 6) is 1.39. The Kier molecular flexibility index (Phi) is 3.84. The second-order valence-corrected chi connectivity index (χ2v) is 5.57. The van der Waals surface area contributed by atoms with Gasteiger partial charge < -0.3 is 9.84 Å². The lowest BCUT2D eigenvalue weighted by Gasteiger charge is -2.19. The van der Waals surface area contributed by atoms with Gasteiger partial charge in [0.2, 0.25) is 11.7 Å². The van der Waals surface area contributed by atoms with Gasteiger partial charge >= 0.3 is 0 Å². The van der Waals surface area contributed by atoms with Crippen LogP contribution in [0.3, 0.4) is 0 Å². The number of rotatable bonds is 3. The van der Waals surface area contributed by atoms with Gasteiger partial charge in [-0.15, -0.1) is 11.8 Å². The van der Waals surface area contributed by atoms with Crippen LogP contribution in [0.2, 0.25) is 0 Å².